The molecule has 5 heteroatoms. The maximum atomic E-state index is 11.6. The highest BCUT2D eigenvalue weighted by atomic mass is 35.5. The highest BCUT2D eigenvalue weighted by molar-refractivity contribution is 6.30. The number of carbonyl (C=O) groups is 1. The monoisotopic (exact) mass is 270 g/mol. The van der Waals surface area contributed by atoms with Crippen LogP contribution < -0.4 is 10.6 Å². The Morgan fingerprint density at radius 1 is 1.50 bits per heavy atom. The zero-order valence-corrected chi connectivity index (χ0v) is 11.2. The molecule has 0 aliphatic rings. The van der Waals surface area contributed by atoms with Crippen LogP contribution in [0, 0.1) is 5.92 Å². The minimum Gasteiger partial charge on any atom is -0.396 e. The molecule has 0 radical (unpaired) electrons. The SMILES string of the molecule is CCC(CCO)CNC(=O)Nc1cccc(Cl)c1. The Kier molecular flexibility index (Phi) is 6.54. The van der Waals surface area contributed by atoms with Gasteiger partial charge in [-0.3, -0.25) is 0 Å². The lowest BCUT2D eigenvalue weighted by Gasteiger charge is -2.14. The molecule has 0 saturated heterocycles. The maximum absolute atomic E-state index is 11.6. The van der Waals surface area contributed by atoms with Crippen LogP contribution in [0.15, 0.2) is 24.3 Å². The van der Waals surface area contributed by atoms with Crippen molar-refractivity contribution in [3.63, 3.8) is 0 Å². The summed E-state index contributed by atoms with van der Waals surface area (Å²) >= 11 is 5.82. The molecule has 0 saturated carbocycles. The Morgan fingerprint density at radius 2 is 2.28 bits per heavy atom. The molecule has 1 rings (SSSR count). The molecule has 0 aliphatic carbocycles. The molecule has 0 heterocycles. The highest BCUT2D eigenvalue weighted by Crippen LogP contribution is 2.14. The number of hydrogen-bond donors (Lipinski definition) is 3. The minimum absolute atomic E-state index is 0.149. The first-order valence-electron chi connectivity index (χ1n) is 6.07. The minimum atomic E-state index is -0.256. The summed E-state index contributed by atoms with van der Waals surface area (Å²) in [5, 5.41) is 14.9. The number of hydrogen-bond acceptors (Lipinski definition) is 2. The van der Waals surface area contributed by atoms with Crippen LogP contribution in [0.3, 0.4) is 0 Å². The number of urea groups is 1. The molecule has 100 valence electrons. The Hall–Kier alpha value is -1.26. The number of halogens is 1. The average molecular weight is 271 g/mol. The number of benzene rings is 1. The summed E-state index contributed by atoms with van der Waals surface area (Å²) in [6.45, 7) is 2.75. The summed E-state index contributed by atoms with van der Waals surface area (Å²) in [4.78, 5) is 11.6. The second-order valence-electron chi connectivity index (χ2n) is 4.13. The molecule has 18 heavy (non-hydrogen) atoms. The van der Waals surface area contributed by atoms with Gasteiger partial charge in [-0.2, -0.15) is 0 Å². The molecule has 0 spiro atoms. The quantitative estimate of drug-likeness (QED) is 0.744. The van der Waals surface area contributed by atoms with Crippen molar-refractivity contribution >= 4 is 23.3 Å². The summed E-state index contributed by atoms with van der Waals surface area (Å²) in [5.74, 6) is 0.306. The maximum Gasteiger partial charge on any atom is 0.319 e. The number of rotatable bonds is 6. The van der Waals surface area contributed by atoms with Crippen LogP contribution in [0.25, 0.3) is 0 Å². The number of anilines is 1. The lowest BCUT2D eigenvalue weighted by atomic mass is 10.0. The third kappa shape index (κ3) is 5.38. The van der Waals surface area contributed by atoms with E-state index in [0.29, 0.717) is 29.6 Å². The van der Waals surface area contributed by atoms with Crippen LogP contribution in [0.4, 0.5) is 10.5 Å². The summed E-state index contributed by atoms with van der Waals surface area (Å²) < 4.78 is 0. The first kappa shape index (κ1) is 14.8. The first-order chi connectivity index (χ1) is 8.65. The second kappa shape index (κ2) is 7.95. The van der Waals surface area contributed by atoms with E-state index in [1.807, 2.05) is 6.92 Å². The average Bonchev–Trinajstić information content (AvgIpc) is 2.34. The van der Waals surface area contributed by atoms with Gasteiger partial charge in [0.25, 0.3) is 0 Å². The summed E-state index contributed by atoms with van der Waals surface area (Å²) in [6.07, 6.45) is 1.63. The van der Waals surface area contributed by atoms with Crippen molar-refractivity contribution in [2.45, 2.75) is 19.8 Å². The Morgan fingerprint density at radius 3 is 2.89 bits per heavy atom. The van der Waals surface area contributed by atoms with E-state index in [4.69, 9.17) is 16.7 Å². The highest BCUT2D eigenvalue weighted by Gasteiger charge is 2.08. The van der Waals surface area contributed by atoms with Crippen molar-refractivity contribution < 1.29 is 9.90 Å². The topological polar surface area (TPSA) is 61.4 Å². The predicted octanol–water partition coefficient (Wildman–Crippen LogP) is 2.87. The van der Waals surface area contributed by atoms with Crippen molar-refractivity contribution in [1.82, 2.24) is 5.32 Å². The zero-order valence-electron chi connectivity index (χ0n) is 10.4. The Balaban J connectivity index is 2.37. The van der Waals surface area contributed by atoms with Crippen molar-refractivity contribution in [2.75, 3.05) is 18.5 Å². The largest absolute Gasteiger partial charge is 0.396 e. The summed E-state index contributed by atoms with van der Waals surface area (Å²) in [5.41, 5.74) is 0.662. The van der Waals surface area contributed by atoms with Crippen LogP contribution in [0.2, 0.25) is 5.02 Å². The van der Waals surface area contributed by atoms with Gasteiger partial charge in [-0.15, -0.1) is 0 Å². The van der Waals surface area contributed by atoms with Crippen LogP contribution in [0.5, 0.6) is 0 Å². The number of nitrogens with one attached hydrogen (secondary N) is 2. The van der Waals surface area contributed by atoms with E-state index in [1.165, 1.54) is 0 Å². The standard InChI is InChI=1S/C13H19ClN2O2/c1-2-10(6-7-17)9-15-13(18)16-12-5-3-4-11(14)8-12/h3-5,8,10,17H,2,6-7,9H2,1H3,(H2,15,16,18). The molecule has 4 nitrogen and oxygen atoms in total. The molecular formula is C13H19ClN2O2. The van der Waals surface area contributed by atoms with Crippen LogP contribution in [-0.2, 0) is 0 Å². The molecule has 0 bridgehead atoms. The van der Waals surface area contributed by atoms with Gasteiger partial charge in [0.2, 0.25) is 0 Å². The molecule has 0 aromatic heterocycles. The lowest BCUT2D eigenvalue weighted by Crippen LogP contribution is -2.33. The Bertz CT molecular complexity index is 385. The summed E-state index contributed by atoms with van der Waals surface area (Å²) in [6, 6.07) is 6.73. The van der Waals surface area contributed by atoms with E-state index >= 15 is 0 Å². The van der Waals surface area contributed by atoms with Gasteiger partial charge in [0.15, 0.2) is 0 Å². The molecular weight excluding hydrogens is 252 g/mol. The molecule has 2 amide bonds. The van der Waals surface area contributed by atoms with E-state index in [1.54, 1.807) is 24.3 Å². The molecule has 3 N–H and O–H groups in total. The van der Waals surface area contributed by atoms with E-state index in [9.17, 15) is 4.79 Å². The van der Waals surface area contributed by atoms with E-state index in [-0.39, 0.29) is 12.6 Å². The van der Waals surface area contributed by atoms with Crippen LogP contribution >= 0.6 is 11.6 Å². The number of amides is 2. The fourth-order valence-electron chi connectivity index (χ4n) is 1.61. The summed E-state index contributed by atoms with van der Waals surface area (Å²) in [7, 11) is 0. The molecule has 1 aromatic carbocycles. The van der Waals surface area contributed by atoms with Gasteiger partial charge < -0.3 is 15.7 Å². The van der Waals surface area contributed by atoms with Crippen molar-refractivity contribution in [3.05, 3.63) is 29.3 Å². The van der Waals surface area contributed by atoms with Gasteiger partial charge in [-0.25, -0.2) is 4.79 Å². The fourth-order valence-corrected chi connectivity index (χ4v) is 1.80. The van der Waals surface area contributed by atoms with E-state index in [2.05, 4.69) is 10.6 Å². The number of aliphatic hydroxyl groups is 1. The molecule has 1 unspecified atom stereocenters. The lowest BCUT2D eigenvalue weighted by molar-refractivity contribution is 0.238. The van der Waals surface area contributed by atoms with Gasteiger partial charge in [0.05, 0.1) is 0 Å². The number of carbonyl (C=O) groups excluding carboxylic acids is 1. The molecule has 0 fully saturated rings. The Labute approximate surface area is 112 Å². The fraction of sp³-hybridized carbons (Fsp3) is 0.462. The van der Waals surface area contributed by atoms with Gasteiger partial charge >= 0.3 is 6.03 Å². The van der Waals surface area contributed by atoms with Gasteiger partial charge in [-0.05, 0) is 30.5 Å². The normalized spacial score (nSPS) is 11.9. The first-order valence-corrected chi connectivity index (χ1v) is 6.44. The smallest absolute Gasteiger partial charge is 0.319 e. The van der Waals surface area contributed by atoms with E-state index < -0.39 is 0 Å². The van der Waals surface area contributed by atoms with Gasteiger partial charge in [-0.1, -0.05) is 31.0 Å². The van der Waals surface area contributed by atoms with E-state index in [0.717, 1.165) is 6.42 Å². The van der Waals surface area contributed by atoms with Crippen molar-refractivity contribution in [1.29, 1.82) is 0 Å². The van der Waals surface area contributed by atoms with Crippen LogP contribution in [0.1, 0.15) is 19.8 Å². The van der Waals surface area contributed by atoms with Crippen molar-refractivity contribution in [3.8, 4) is 0 Å². The van der Waals surface area contributed by atoms with Gasteiger partial charge in [0, 0.05) is 23.9 Å². The van der Waals surface area contributed by atoms with Crippen molar-refractivity contribution in [2.24, 2.45) is 5.92 Å². The second-order valence-corrected chi connectivity index (χ2v) is 4.57. The van der Waals surface area contributed by atoms with Gasteiger partial charge in [0.1, 0.15) is 0 Å². The third-order valence-electron chi connectivity index (χ3n) is 2.75. The molecule has 0 aliphatic heterocycles. The third-order valence-corrected chi connectivity index (χ3v) is 2.98. The number of aliphatic hydroxyl groups excluding tert-OH is 1. The van der Waals surface area contributed by atoms with Crippen LogP contribution in [-0.4, -0.2) is 24.3 Å². The molecule has 1 atom stereocenters. The zero-order chi connectivity index (χ0) is 13.4. The molecule has 1 aromatic rings. The predicted molar refractivity (Wildman–Crippen MR) is 74.0 cm³/mol.